The van der Waals surface area contributed by atoms with E-state index in [0.717, 1.165) is 5.20 Å². The molecular weight excluding hydrogens is 120 g/mol. The molecular formula is C5H12O2Si. The minimum absolute atomic E-state index is 0.750. The van der Waals surface area contributed by atoms with Gasteiger partial charge in [0.2, 0.25) is 0 Å². The fourth-order valence-electron chi connectivity index (χ4n) is 0.174. The zero-order valence-corrected chi connectivity index (χ0v) is 6.56. The number of hydrogen-bond acceptors (Lipinski definition) is 2. The highest BCUT2D eigenvalue weighted by atomic mass is 28.4. The fourth-order valence-corrected chi connectivity index (χ4v) is 0.523. The molecule has 0 spiro atoms. The Morgan fingerprint density at radius 1 is 1.75 bits per heavy atom. The van der Waals surface area contributed by atoms with E-state index in [0.29, 0.717) is 0 Å². The lowest BCUT2D eigenvalue weighted by Crippen LogP contribution is -2.34. The minimum atomic E-state index is -2.45. The maximum absolute atomic E-state index is 9.22. The zero-order chi connectivity index (χ0) is 6.78. The molecule has 0 radical (unpaired) electrons. The molecule has 48 valence electrons. The summed E-state index contributed by atoms with van der Waals surface area (Å²) >= 11 is 0. The Morgan fingerprint density at radius 3 is 2.12 bits per heavy atom. The van der Waals surface area contributed by atoms with Gasteiger partial charge >= 0.3 is 8.56 Å². The van der Waals surface area contributed by atoms with Gasteiger partial charge in [0, 0.05) is 7.11 Å². The SMILES string of the molecule is C=C(C)[Si](C)(O)OC. The molecule has 3 heteroatoms. The largest absolute Gasteiger partial charge is 0.408 e. The quantitative estimate of drug-likeness (QED) is 0.563. The molecule has 0 bridgehead atoms. The summed E-state index contributed by atoms with van der Waals surface area (Å²) in [5.41, 5.74) is 0. The van der Waals surface area contributed by atoms with Crippen molar-refractivity contribution in [1.29, 1.82) is 0 Å². The van der Waals surface area contributed by atoms with Crippen LogP contribution in [0, 0.1) is 0 Å². The molecule has 0 aliphatic rings. The Labute approximate surface area is 51.0 Å². The molecule has 0 aliphatic heterocycles. The molecule has 0 saturated heterocycles. The van der Waals surface area contributed by atoms with E-state index >= 15 is 0 Å². The summed E-state index contributed by atoms with van der Waals surface area (Å²) < 4.78 is 4.79. The molecule has 8 heavy (non-hydrogen) atoms. The highest BCUT2D eigenvalue weighted by Crippen LogP contribution is 2.07. The Kier molecular flexibility index (Phi) is 2.40. The van der Waals surface area contributed by atoms with Crippen LogP contribution in [-0.2, 0) is 4.43 Å². The van der Waals surface area contributed by atoms with Crippen LogP contribution in [0.1, 0.15) is 6.92 Å². The number of rotatable bonds is 2. The third kappa shape index (κ3) is 1.77. The maximum atomic E-state index is 9.22. The molecule has 1 unspecified atom stereocenters. The summed E-state index contributed by atoms with van der Waals surface area (Å²) in [6.07, 6.45) is 0. The van der Waals surface area contributed by atoms with E-state index in [-0.39, 0.29) is 0 Å². The molecule has 0 aromatic carbocycles. The Balaban J connectivity index is 3.91. The smallest absolute Gasteiger partial charge is 0.361 e. The first-order chi connectivity index (χ1) is 3.50. The van der Waals surface area contributed by atoms with E-state index in [9.17, 15) is 4.80 Å². The van der Waals surface area contributed by atoms with E-state index in [4.69, 9.17) is 4.43 Å². The fraction of sp³-hybridized carbons (Fsp3) is 0.600. The monoisotopic (exact) mass is 132 g/mol. The van der Waals surface area contributed by atoms with Crippen LogP contribution < -0.4 is 0 Å². The second-order valence-corrected chi connectivity index (χ2v) is 5.19. The summed E-state index contributed by atoms with van der Waals surface area (Å²) in [5, 5.41) is 0.750. The molecule has 0 amide bonds. The van der Waals surface area contributed by atoms with E-state index in [1.54, 1.807) is 13.5 Å². The predicted octanol–water partition coefficient (Wildman–Crippen LogP) is 0.812. The van der Waals surface area contributed by atoms with Crippen molar-refractivity contribution in [1.82, 2.24) is 0 Å². The molecule has 0 aromatic rings. The lowest BCUT2D eigenvalue weighted by atomic mass is 10.8. The Morgan fingerprint density at radius 2 is 2.12 bits per heavy atom. The first-order valence-corrected chi connectivity index (χ1v) is 4.79. The van der Waals surface area contributed by atoms with Gasteiger partial charge in [0.15, 0.2) is 0 Å². The zero-order valence-electron chi connectivity index (χ0n) is 5.56. The van der Waals surface area contributed by atoms with Crippen molar-refractivity contribution in [3.05, 3.63) is 11.8 Å². The average Bonchev–Trinajstić information content (AvgIpc) is 1.67. The van der Waals surface area contributed by atoms with Crippen LogP contribution in [0.3, 0.4) is 0 Å². The summed E-state index contributed by atoms with van der Waals surface area (Å²) in [6, 6.07) is 0. The topological polar surface area (TPSA) is 29.5 Å². The van der Waals surface area contributed by atoms with Crippen LogP contribution in [0.2, 0.25) is 6.55 Å². The van der Waals surface area contributed by atoms with E-state index in [1.807, 2.05) is 0 Å². The highest BCUT2D eigenvalue weighted by Gasteiger charge is 2.25. The van der Waals surface area contributed by atoms with Crippen molar-refractivity contribution in [3.8, 4) is 0 Å². The van der Waals surface area contributed by atoms with E-state index < -0.39 is 8.56 Å². The van der Waals surface area contributed by atoms with Crippen molar-refractivity contribution < 1.29 is 9.22 Å². The molecule has 2 nitrogen and oxygen atoms in total. The Bertz CT molecular complexity index is 98.6. The molecule has 0 aromatic heterocycles. The number of hydrogen-bond donors (Lipinski definition) is 1. The summed E-state index contributed by atoms with van der Waals surface area (Å²) in [5.74, 6) is 0. The molecule has 0 fully saturated rings. The molecule has 0 rings (SSSR count). The molecule has 0 aliphatic carbocycles. The summed E-state index contributed by atoms with van der Waals surface area (Å²) in [7, 11) is -0.948. The maximum Gasteiger partial charge on any atom is 0.361 e. The van der Waals surface area contributed by atoms with Gasteiger partial charge in [0.1, 0.15) is 0 Å². The first-order valence-electron chi connectivity index (χ1n) is 2.44. The molecule has 0 heterocycles. The van der Waals surface area contributed by atoms with Gasteiger partial charge < -0.3 is 9.22 Å². The van der Waals surface area contributed by atoms with Crippen molar-refractivity contribution in [3.63, 3.8) is 0 Å². The highest BCUT2D eigenvalue weighted by molar-refractivity contribution is 6.72. The Hall–Kier alpha value is -0.123. The molecule has 1 atom stereocenters. The lowest BCUT2D eigenvalue weighted by Gasteiger charge is -2.16. The van der Waals surface area contributed by atoms with Gasteiger partial charge in [-0.1, -0.05) is 6.58 Å². The standard InChI is InChI=1S/C5H12O2Si/c1-5(2)8(4,6)7-3/h6H,1H2,2-4H3. The van der Waals surface area contributed by atoms with Crippen LogP contribution in [0.15, 0.2) is 11.8 Å². The summed E-state index contributed by atoms with van der Waals surface area (Å²) in [6.45, 7) is 7.05. The van der Waals surface area contributed by atoms with Crippen LogP contribution in [0.5, 0.6) is 0 Å². The van der Waals surface area contributed by atoms with Gasteiger partial charge in [-0.15, -0.1) is 0 Å². The average molecular weight is 132 g/mol. The number of allylic oxidation sites excluding steroid dienone is 1. The summed E-state index contributed by atoms with van der Waals surface area (Å²) in [4.78, 5) is 9.22. The predicted molar refractivity (Wildman–Crippen MR) is 35.7 cm³/mol. The second kappa shape index (κ2) is 2.43. The van der Waals surface area contributed by atoms with Crippen LogP contribution in [0.25, 0.3) is 0 Å². The third-order valence-corrected chi connectivity index (χ3v) is 3.57. The van der Waals surface area contributed by atoms with Crippen LogP contribution in [-0.4, -0.2) is 20.5 Å². The van der Waals surface area contributed by atoms with Crippen molar-refractivity contribution in [2.45, 2.75) is 13.5 Å². The van der Waals surface area contributed by atoms with Gasteiger partial charge in [-0.05, 0) is 18.7 Å². The molecule has 0 saturated carbocycles. The lowest BCUT2D eigenvalue weighted by molar-refractivity contribution is 0.308. The minimum Gasteiger partial charge on any atom is -0.408 e. The van der Waals surface area contributed by atoms with E-state index in [2.05, 4.69) is 6.58 Å². The van der Waals surface area contributed by atoms with Gasteiger partial charge in [0.25, 0.3) is 0 Å². The van der Waals surface area contributed by atoms with Crippen molar-refractivity contribution >= 4 is 8.56 Å². The normalized spacial score (nSPS) is 17.5. The van der Waals surface area contributed by atoms with E-state index in [1.165, 1.54) is 7.11 Å². The third-order valence-electron chi connectivity index (χ3n) is 1.19. The van der Waals surface area contributed by atoms with Crippen LogP contribution in [0.4, 0.5) is 0 Å². The van der Waals surface area contributed by atoms with Gasteiger partial charge in [-0.25, -0.2) is 0 Å². The van der Waals surface area contributed by atoms with Gasteiger partial charge in [-0.2, -0.15) is 0 Å². The molecule has 1 N–H and O–H groups in total. The first kappa shape index (κ1) is 7.88. The second-order valence-electron chi connectivity index (χ2n) is 1.97. The van der Waals surface area contributed by atoms with Gasteiger partial charge in [0.05, 0.1) is 0 Å². The van der Waals surface area contributed by atoms with Gasteiger partial charge in [-0.3, -0.25) is 0 Å². The van der Waals surface area contributed by atoms with Crippen LogP contribution >= 0.6 is 0 Å². The van der Waals surface area contributed by atoms with Crippen molar-refractivity contribution in [2.24, 2.45) is 0 Å². The van der Waals surface area contributed by atoms with Crippen molar-refractivity contribution in [2.75, 3.05) is 7.11 Å².